The molecule has 98 valence electrons. The van der Waals surface area contributed by atoms with E-state index in [-0.39, 0.29) is 17.6 Å². The summed E-state index contributed by atoms with van der Waals surface area (Å²) < 4.78 is 0. The molecule has 0 aliphatic heterocycles. The van der Waals surface area contributed by atoms with E-state index in [0.717, 1.165) is 6.42 Å². The van der Waals surface area contributed by atoms with Gasteiger partial charge in [0.2, 0.25) is 0 Å². The van der Waals surface area contributed by atoms with Crippen molar-refractivity contribution in [3.8, 4) is 0 Å². The minimum atomic E-state index is -1.14. The zero-order valence-electron chi connectivity index (χ0n) is 10.7. The van der Waals surface area contributed by atoms with Crippen molar-refractivity contribution >= 4 is 11.9 Å². The summed E-state index contributed by atoms with van der Waals surface area (Å²) in [5.41, 5.74) is -0.666. The van der Waals surface area contributed by atoms with Crippen LogP contribution in [-0.2, 0) is 14.5 Å². The van der Waals surface area contributed by atoms with Gasteiger partial charge in [0.15, 0.2) is 0 Å². The topological polar surface area (TPSA) is 83.8 Å². The Hall–Kier alpha value is -1.36. The minimum absolute atomic E-state index is 0.0124. The fraction of sp³-hybridized carbons (Fsp3) is 0.667. The molecule has 0 saturated carbocycles. The van der Waals surface area contributed by atoms with E-state index < -0.39 is 17.4 Å². The van der Waals surface area contributed by atoms with Gasteiger partial charge in [0.1, 0.15) is 0 Å². The Labute approximate surface area is 101 Å². The average Bonchev–Trinajstić information content (AvgIpc) is 2.20. The van der Waals surface area contributed by atoms with Crippen molar-refractivity contribution in [2.75, 3.05) is 0 Å². The summed E-state index contributed by atoms with van der Waals surface area (Å²) in [6.45, 7) is 7.04. The van der Waals surface area contributed by atoms with Gasteiger partial charge in [-0.15, -0.1) is 0 Å². The zero-order chi connectivity index (χ0) is 13.6. The molecule has 0 aromatic heterocycles. The Morgan fingerprint density at radius 1 is 1.24 bits per heavy atom. The maximum absolute atomic E-state index is 11.5. The van der Waals surface area contributed by atoms with Gasteiger partial charge >= 0.3 is 11.9 Å². The highest BCUT2D eigenvalue weighted by molar-refractivity contribution is 6.00. The van der Waals surface area contributed by atoms with Crippen molar-refractivity contribution in [2.24, 2.45) is 5.41 Å². The lowest BCUT2D eigenvalue weighted by atomic mass is 9.82. The Kier molecular flexibility index (Phi) is 5.88. The Morgan fingerprint density at radius 3 is 2.06 bits per heavy atom. The molecule has 0 atom stereocenters. The average molecular weight is 244 g/mol. The molecule has 0 aromatic rings. The number of carbonyl (C=O) groups excluding carboxylic acids is 1. The molecule has 0 heterocycles. The largest absolute Gasteiger partial charge is 0.478 e. The second kappa shape index (κ2) is 6.39. The first-order valence-corrected chi connectivity index (χ1v) is 5.58. The zero-order valence-corrected chi connectivity index (χ0v) is 10.7. The fourth-order valence-electron chi connectivity index (χ4n) is 1.62. The van der Waals surface area contributed by atoms with Crippen LogP contribution in [-0.4, -0.2) is 22.3 Å². The Balaban J connectivity index is 5.57. The second-order valence-electron chi connectivity index (χ2n) is 4.89. The van der Waals surface area contributed by atoms with Crippen LogP contribution in [0, 0.1) is 5.41 Å². The van der Waals surface area contributed by atoms with Crippen molar-refractivity contribution in [1.82, 2.24) is 0 Å². The Bertz CT molecular complexity index is 322. The number of hydrogen-bond acceptors (Lipinski definition) is 4. The minimum Gasteiger partial charge on any atom is -0.478 e. The van der Waals surface area contributed by atoms with Gasteiger partial charge in [0.25, 0.3) is 0 Å². The van der Waals surface area contributed by atoms with E-state index in [1.54, 1.807) is 20.8 Å². The number of unbranched alkanes of at least 4 members (excludes halogenated alkanes) is 1. The van der Waals surface area contributed by atoms with Crippen LogP contribution in [0.5, 0.6) is 0 Å². The van der Waals surface area contributed by atoms with Gasteiger partial charge in [-0.1, -0.05) is 34.1 Å². The third-order valence-electron chi connectivity index (χ3n) is 2.38. The standard InChI is InChI=1S/C12H20O5/c1-5-6-7-8(10(13)14)9(11(15)17-16)12(2,3)4/h16H,5-7H2,1-4H3,(H,13,14). The van der Waals surface area contributed by atoms with E-state index >= 15 is 0 Å². The summed E-state index contributed by atoms with van der Waals surface area (Å²) in [5, 5.41) is 17.6. The molecule has 0 aromatic carbocycles. The van der Waals surface area contributed by atoms with Gasteiger partial charge in [0.05, 0.1) is 5.57 Å². The monoisotopic (exact) mass is 244 g/mol. The van der Waals surface area contributed by atoms with Gasteiger partial charge in [0, 0.05) is 5.57 Å². The van der Waals surface area contributed by atoms with Crippen molar-refractivity contribution in [1.29, 1.82) is 0 Å². The van der Waals surface area contributed by atoms with E-state index in [2.05, 4.69) is 4.89 Å². The molecule has 0 radical (unpaired) electrons. The highest BCUT2D eigenvalue weighted by Crippen LogP contribution is 2.31. The van der Waals surface area contributed by atoms with Gasteiger partial charge < -0.3 is 5.11 Å². The van der Waals surface area contributed by atoms with Crippen LogP contribution >= 0.6 is 0 Å². The SMILES string of the molecule is CCCCC(C(=O)O)=C(C(=O)OO)C(C)(C)C. The molecule has 5 heteroatoms. The van der Waals surface area contributed by atoms with Crippen LogP contribution in [0.1, 0.15) is 47.0 Å². The highest BCUT2D eigenvalue weighted by Gasteiger charge is 2.31. The molecule has 0 bridgehead atoms. The fourth-order valence-corrected chi connectivity index (χ4v) is 1.62. The van der Waals surface area contributed by atoms with Crippen molar-refractivity contribution in [3.63, 3.8) is 0 Å². The first kappa shape index (κ1) is 15.6. The lowest BCUT2D eigenvalue weighted by molar-refractivity contribution is -0.230. The van der Waals surface area contributed by atoms with Crippen molar-refractivity contribution < 1.29 is 24.8 Å². The van der Waals surface area contributed by atoms with Crippen LogP contribution in [0.25, 0.3) is 0 Å². The molecular weight excluding hydrogens is 224 g/mol. The van der Waals surface area contributed by atoms with Crippen molar-refractivity contribution in [2.45, 2.75) is 47.0 Å². The molecule has 0 spiro atoms. The first-order chi connectivity index (χ1) is 7.75. The summed E-state index contributed by atoms with van der Waals surface area (Å²) in [6.07, 6.45) is 1.77. The van der Waals surface area contributed by atoms with Crippen LogP contribution in [0.2, 0.25) is 0 Å². The van der Waals surface area contributed by atoms with Gasteiger partial charge in [-0.3, -0.25) is 4.89 Å². The molecule has 0 aliphatic carbocycles. The number of hydrogen-bond donors (Lipinski definition) is 2. The first-order valence-electron chi connectivity index (χ1n) is 5.58. The summed E-state index contributed by atoms with van der Waals surface area (Å²) >= 11 is 0. The molecule has 0 aliphatic rings. The molecule has 0 rings (SSSR count). The van der Waals surface area contributed by atoms with Gasteiger partial charge in [-0.25, -0.2) is 9.59 Å². The van der Waals surface area contributed by atoms with Gasteiger partial charge in [-0.2, -0.15) is 5.26 Å². The molecule has 17 heavy (non-hydrogen) atoms. The molecule has 0 fully saturated rings. The smallest absolute Gasteiger partial charge is 0.369 e. The number of rotatable bonds is 5. The summed E-state index contributed by atoms with van der Waals surface area (Å²) in [5.74, 6) is -2.14. The van der Waals surface area contributed by atoms with E-state index in [9.17, 15) is 9.59 Å². The maximum atomic E-state index is 11.5. The molecule has 2 N–H and O–H groups in total. The van der Waals surface area contributed by atoms with E-state index in [1.165, 1.54) is 0 Å². The van der Waals surface area contributed by atoms with Crippen LogP contribution in [0.15, 0.2) is 11.1 Å². The summed E-state index contributed by atoms with van der Waals surface area (Å²) in [7, 11) is 0. The van der Waals surface area contributed by atoms with E-state index in [4.69, 9.17) is 10.4 Å². The molecule has 0 amide bonds. The number of carbonyl (C=O) groups is 2. The third-order valence-corrected chi connectivity index (χ3v) is 2.38. The molecule has 0 saturated heterocycles. The van der Waals surface area contributed by atoms with Crippen LogP contribution in [0.4, 0.5) is 0 Å². The predicted octanol–water partition coefficient (Wildman–Crippen LogP) is 2.62. The Morgan fingerprint density at radius 2 is 1.76 bits per heavy atom. The predicted molar refractivity (Wildman–Crippen MR) is 62.4 cm³/mol. The summed E-state index contributed by atoms with van der Waals surface area (Å²) in [4.78, 5) is 26.3. The summed E-state index contributed by atoms with van der Waals surface area (Å²) in [6, 6.07) is 0. The molecule has 0 unspecified atom stereocenters. The van der Waals surface area contributed by atoms with Crippen LogP contribution < -0.4 is 0 Å². The number of carboxylic acids is 1. The van der Waals surface area contributed by atoms with Gasteiger partial charge in [-0.05, 0) is 18.3 Å². The lowest BCUT2D eigenvalue weighted by Crippen LogP contribution is -2.24. The quantitative estimate of drug-likeness (QED) is 0.441. The maximum Gasteiger partial charge on any atom is 0.369 e. The molecule has 5 nitrogen and oxygen atoms in total. The highest BCUT2D eigenvalue weighted by atomic mass is 17.1. The lowest BCUT2D eigenvalue weighted by Gasteiger charge is -2.22. The normalized spacial score (nSPS) is 13.0. The van der Waals surface area contributed by atoms with E-state index in [1.807, 2.05) is 6.92 Å². The molecular formula is C12H20O5. The van der Waals surface area contributed by atoms with E-state index in [0.29, 0.717) is 6.42 Å². The van der Waals surface area contributed by atoms with Crippen LogP contribution in [0.3, 0.4) is 0 Å². The van der Waals surface area contributed by atoms with Crippen molar-refractivity contribution in [3.05, 3.63) is 11.1 Å². The number of aliphatic carboxylic acids is 1. The second-order valence-corrected chi connectivity index (χ2v) is 4.89. The third kappa shape index (κ3) is 4.56. The number of carboxylic acid groups (broad SMARTS) is 1.